The zero-order valence-corrected chi connectivity index (χ0v) is 8.34. The van der Waals surface area contributed by atoms with Crippen molar-refractivity contribution in [3.63, 3.8) is 0 Å². The van der Waals surface area contributed by atoms with E-state index in [0.717, 1.165) is 5.56 Å². The molecule has 1 aliphatic rings. The fourth-order valence-corrected chi connectivity index (χ4v) is 1.70. The van der Waals surface area contributed by atoms with E-state index in [1.165, 1.54) is 0 Å². The lowest BCUT2D eigenvalue weighted by Crippen LogP contribution is -2.00. The first-order chi connectivity index (χ1) is 7.84. The summed E-state index contributed by atoms with van der Waals surface area (Å²) in [4.78, 5) is 11.6. The smallest absolute Gasteiger partial charge is 0.344 e. The number of para-hydroxylation sites is 1. The Kier molecular flexibility index (Phi) is 1.90. The highest BCUT2D eigenvalue weighted by Crippen LogP contribution is 2.34. The number of fused-ring (bicyclic) bond motifs is 1. The van der Waals surface area contributed by atoms with E-state index in [1.54, 1.807) is 30.5 Å². The van der Waals surface area contributed by atoms with Crippen molar-refractivity contribution in [1.82, 2.24) is 0 Å². The Balaban J connectivity index is 2.12. The van der Waals surface area contributed by atoms with Gasteiger partial charge in [0.1, 0.15) is 11.5 Å². The number of carbonyl (C=O) groups is 1. The fraction of sp³-hybridized carbons (Fsp3) is 0. The molecule has 2 heterocycles. The second-order valence-electron chi connectivity index (χ2n) is 3.46. The minimum Gasteiger partial charge on any atom is -0.465 e. The number of furan rings is 1. The van der Waals surface area contributed by atoms with Gasteiger partial charge in [-0.1, -0.05) is 18.2 Å². The van der Waals surface area contributed by atoms with Gasteiger partial charge in [-0.15, -0.1) is 0 Å². The third-order valence-corrected chi connectivity index (χ3v) is 2.43. The molecule has 3 rings (SSSR count). The van der Waals surface area contributed by atoms with E-state index in [2.05, 4.69) is 0 Å². The zero-order valence-electron chi connectivity index (χ0n) is 8.34. The third-order valence-electron chi connectivity index (χ3n) is 2.43. The number of ether oxygens (including phenoxy) is 1. The monoisotopic (exact) mass is 212 g/mol. The molecule has 0 amide bonds. The van der Waals surface area contributed by atoms with Gasteiger partial charge in [-0.2, -0.15) is 0 Å². The molecule has 1 aromatic carbocycles. The highest BCUT2D eigenvalue weighted by Gasteiger charge is 2.26. The Morgan fingerprint density at radius 2 is 1.94 bits per heavy atom. The molecule has 16 heavy (non-hydrogen) atoms. The second kappa shape index (κ2) is 3.38. The topological polar surface area (TPSA) is 39.4 Å². The van der Waals surface area contributed by atoms with Crippen LogP contribution in [-0.2, 0) is 4.79 Å². The van der Waals surface area contributed by atoms with Crippen molar-refractivity contribution in [2.24, 2.45) is 0 Å². The van der Waals surface area contributed by atoms with Crippen molar-refractivity contribution in [2.75, 3.05) is 0 Å². The highest BCUT2D eigenvalue weighted by atomic mass is 16.5. The molecule has 0 aliphatic carbocycles. The van der Waals surface area contributed by atoms with Gasteiger partial charge in [-0.3, -0.25) is 0 Å². The molecular formula is C13H8O3. The van der Waals surface area contributed by atoms with E-state index < -0.39 is 0 Å². The Labute approximate surface area is 92.0 Å². The van der Waals surface area contributed by atoms with Crippen LogP contribution in [0.1, 0.15) is 11.3 Å². The van der Waals surface area contributed by atoms with E-state index in [-0.39, 0.29) is 5.97 Å². The Hall–Kier alpha value is -2.29. The van der Waals surface area contributed by atoms with Gasteiger partial charge in [0.2, 0.25) is 0 Å². The number of hydrogen-bond acceptors (Lipinski definition) is 3. The lowest BCUT2D eigenvalue weighted by molar-refractivity contribution is -0.126. The van der Waals surface area contributed by atoms with E-state index in [4.69, 9.17) is 9.15 Å². The van der Waals surface area contributed by atoms with Crippen molar-refractivity contribution < 1.29 is 13.9 Å². The Bertz CT molecular complexity index is 565. The normalized spacial score (nSPS) is 16.2. The summed E-state index contributed by atoms with van der Waals surface area (Å²) in [7, 11) is 0. The van der Waals surface area contributed by atoms with Crippen molar-refractivity contribution in [3.05, 3.63) is 54.0 Å². The number of carbonyl (C=O) groups excluding carboxylic acids is 1. The number of rotatable bonds is 1. The van der Waals surface area contributed by atoms with Crippen LogP contribution in [0.15, 0.2) is 47.1 Å². The van der Waals surface area contributed by atoms with Gasteiger partial charge in [-0.25, -0.2) is 4.79 Å². The number of benzene rings is 1. The molecule has 78 valence electrons. The predicted octanol–water partition coefficient (Wildman–Crippen LogP) is 2.74. The molecule has 1 aliphatic heterocycles. The van der Waals surface area contributed by atoms with Gasteiger partial charge in [0.15, 0.2) is 0 Å². The maximum absolute atomic E-state index is 11.6. The third kappa shape index (κ3) is 1.34. The molecule has 0 radical (unpaired) electrons. The van der Waals surface area contributed by atoms with E-state index in [1.807, 2.05) is 18.2 Å². The largest absolute Gasteiger partial charge is 0.465 e. The average molecular weight is 212 g/mol. The Morgan fingerprint density at radius 1 is 1.06 bits per heavy atom. The van der Waals surface area contributed by atoms with Crippen molar-refractivity contribution in [3.8, 4) is 5.75 Å². The SMILES string of the molecule is O=C1Oc2ccccc2/C1=C/c1ccco1. The van der Waals surface area contributed by atoms with Crippen LogP contribution in [-0.4, -0.2) is 5.97 Å². The first-order valence-electron chi connectivity index (χ1n) is 4.91. The zero-order chi connectivity index (χ0) is 11.0. The van der Waals surface area contributed by atoms with Crippen LogP contribution in [0.25, 0.3) is 11.6 Å². The van der Waals surface area contributed by atoms with Crippen LogP contribution >= 0.6 is 0 Å². The van der Waals surface area contributed by atoms with Gasteiger partial charge >= 0.3 is 5.97 Å². The van der Waals surface area contributed by atoms with Crippen LogP contribution in [0.2, 0.25) is 0 Å². The summed E-state index contributed by atoms with van der Waals surface area (Å²) < 4.78 is 10.3. The quantitative estimate of drug-likeness (QED) is 0.414. The van der Waals surface area contributed by atoms with Crippen LogP contribution < -0.4 is 4.74 Å². The van der Waals surface area contributed by atoms with Crippen LogP contribution in [0, 0.1) is 0 Å². The summed E-state index contributed by atoms with van der Waals surface area (Å²) in [6, 6.07) is 10.9. The summed E-state index contributed by atoms with van der Waals surface area (Å²) in [5.41, 5.74) is 1.34. The van der Waals surface area contributed by atoms with E-state index in [9.17, 15) is 4.79 Å². The second-order valence-corrected chi connectivity index (χ2v) is 3.46. The minimum absolute atomic E-state index is 0.336. The molecule has 3 heteroatoms. The minimum atomic E-state index is -0.336. The summed E-state index contributed by atoms with van der Waals surface area (Å²) >= 11 is 0. The molecular weight excluding hydrogens is 204 g/mol. The van der Waals surface area contributed by atoms with Crippen molar-refractivity contribution >= 4 is 17.6 Å². The number of esters is 1. The molecule has 0 N–H and O–H groups in total. The van der Waals surface area contributed by atoms with Gasteiger partial charge in [0, 0.05) is 5.56 Å². The van der Waals surface area contributed by atoms with Crippen molar-refractivity contribution in [1.29, 1.82) is 0 Å². The molecule has 0 saturated heterocycles. The molecule has 0 unspecified atom stereocenters. The van der Waals surface area contributed by atoms with Gasteiger partial charge in [0.25, 0.3) is 0 Å². The summed E-state index contributed by atoms with van der Waals surface area (Å²) in [5, 5.41) is 0. The molecule has 0 saturated carbocycles. The van der Waals surface area contributed by atoms with Gasteiger partial charge < -0.3 is 9.15 Å². The molecule has 2 aromatic rings. The van der Waals surface area contributed by atoms with E-state index in [0.29, 0.717) is 17.1 Å². The highest BCUT2D eigenvalue weighted by molar-refractivity contribution is 6.25. The molecule has 1 aromatic heterocycles. The lowest BCUT2D eigenvalue weighted by Gasteiger charge is -1.93. The fourth-order valence-electron chi connectivity index (χ4n) is 1.70. The Morgan fingerprint density at radius 3 is 2.75 bits per heavy atom. The standard InChI is InChI=1S/C13H8O3/c14-13-11(8-9-4-3-7-15-9)10-5-1-2-6-12(10)16-13/h1-8H/b11-8-. The average Bonchev–Trinajstić information content (AvgIpc) is 2.89. The van der Waals surface area contributed by atoms with Crippen LogP contribution in [0.3, 0.4) is 0 Å². The van der Waals surface area contributed by atoms with E-state index >= 15 is 0 Å². The lowest BCUT2D eigenvalue weighted by atomic mass is 10.1. The summed E-state index contributed by atoms with van der Waals surface area (Å²) in [5.74, 6) is 0.909. The number of hydrogen-bond donors (Lipinski definition) is 0. The molecule has 0 atom stereocenters. The summed E-state index contributed by atoms with van der Waals surface area (Å²) in [6.07, 6.45) is 3.26. The van der Waals surface area contributed by atoms with Gasteiger partial charge in [-0.05, 0) is 24.3 Å². The predicted molar refractivity (Wildman–Crippen MR) is 58.7 cm³/mol. The van der Waals surface area contributed by atoms with Crippen molar-refractivity contribution in [2.45, 2.75) is 0 Å². The molecule has 0 fully saturated rings. The summed E-state index contributed by atoms with van der Waals surface area (Å²) in [6.45, 7) is 0. The van der Waals surface area contributed by atoms with Crippen LogP contribution in [0.4, 0.5) is 0 Å². The maximum Gasteiger partial charge on any atom is 0.344 e. The maximum atomic E-state index is 11.6. The molecule has 3 nitrogen and oxygen atoms in total. The first-order valence-corrected chi connectivity index (χ1v) is 4.91. The first kappa shape index (κ1) is 8.97. The molecule has 0 bridgehead atoms. The van der Waals surface area contributed by atoms with Crippen LogP contribution in [0.5, 0.6) is 5.75 Å². The van der Waals surface area contributed by atoms with Gasteiger partial charge in [0.05, 0.1) is 11.8 Å². The molecule has 0 spiro atoms.